The molecule has 0 spiro atoms. The van der Waals surface area contributed by atoms with E-state index in [9.17, 15) is 14.0 Å². The maximum Gasteiger partial charge on any atom is 0.333 e. The fraction of sp³-hybridized carbons (Fsp3) is 0.0833. The van der Waals surface area contributed by atoms with Gasteiger partial charge in [-0.25, -0.2) is 14.1 Å². The number of hydrogen-bond donors (Lipinski definition) is 1. The molecule has 0 aromatic heterocycles. The van der Waals surface area contributed by atoms with Gasteiger partial charge in [0.15, 0.2) is 11.5 Å². The largest absolute Gasteiger partial charge is 0.493 e. The topological polar surface area (TPSA) is 67.9 Å². The molecule has 6 nitrogen and oxygen atoms in total. The Hall–Kier alpha value is -3.36. The number of halogens is 3. The number of ether oxygens (including phenoxy) is 2. The number of anilines is 1. The van der Waals surface area contributed by atoms with Crippen LogP contribution in [0.4, 0.5) is 14.9 Å². The molecule has 1 fully saturated rings. The van der Waals surface area contributed by atoms with Crippen LogP contribution in [0.3, 0.4) is 0 Å². The van der Waals surface area contributed by atoms with E-state index < -0.39 is 11.9 Å². The molecule has 3 amide bonds. The molecule has 9 heteroatoms. The second-order valence-corrected chi connectivity index (χ2v) is 8.30. The maximum absolute atomic E-state index is 13.9. The molecule has 0 saturated carbocycles. The van der Waals surface area contributed by atoms with Crippen LogP contribution in [0.5, 0.6) is 11.5 Å². The Labute approximate surface area is 202 Å². The Balaban J connectivity index is 1.59. The number of methoxy groups -OCH3 is 1. The van der Waals surface area contributed by atoms with Crippen molar-refractivity contribution in [2.75, 3.05) is 12.0 Å². The quantitative estimate of drug-likeness (QED) is 0.316. The second kappa shape index (κ2) is 9.64. The molecule has 1 N–H and O–H groups in total. The van der Waals surface area contributed by atoms with Crippen LogP contribution in [0.1, 0.15) is 11.1 Å². The third kappa shape index (κ3) is 4.86. The van der Waals surface area contributed by atoms with Gasteiger partial charge in [-0.05, 0) is 54.1 Å². The van der Waals surface area contributed by atoms with Gasteiger partial charge in [-0.15, -0.1) is 0 Å². The van der Waals surface area contributed by atoms with Crippen molar-refractivity contribution in [1.29, 1.82) is 0 Å². The number of rotatable bonds is 6. The fourth-order valence-corrected chi connectivity index (χ4v) is 3.78. The number of urea groups is 1. The van der Waals surface area contributed by atoms with Crippen molar-refractivity contribution in [3.63, 3.8) is 0 Å². The van der Waals surface area contributed by atoms with Gasteiger partial charge in [0, 0.05) is 15.1 Å². The lowest BCUT2D eigenvalue weighted by Gasteiger charge is -2.13. The number of nitrogens with one attached hydrogen (secondary N) is 1. The van der Waals surface area contributed by atoms with Crippen molar-refractivity contribution < 1.29 is 23.5 Å². The minimum Gasteiger partial charge on any atom is -0.493 e. The van der Waals surface area contributed by atoms with Crippen LogP contribution in [0.2, 0.25) is 5.02 Å². The lowest BCUT2D eigenvalue weighted by Crippen LogP contribution is -2.30. The molecule has 1 heterocycles. The van der Waals surface area contributed by atoms with Gasteiger partial charge in [-0.1, -0.05) is 45.7 Å². The number of hydrogen-bond acceptors (Lipinski definition) is 4. The molecule has 3 aromatic carbocycles. The highest BCUT2D eigenvalue weighted by atomic mass is 79.9. The van der Waals surface area contributed by atoms with Crippen molar-refractivity contribution in [1.82, 2.24) is 5.32 Å². The predicted molar refractivity (Wildman–Crippen MR) is 127 cm³/mol. The van der Waals surface area contributed by atoms with E-state index in [2.05, 4.69) is 21.2 Å². The number of amides is 3. The molecule has 168 valence electrons. The number of carbonyl (C=O) groups excluding carboxylic acids is 2. The summed E-state index contributed by atoms with van der Waals surface area (Å²) in [5.74, 6) is -0.0993. The summed E-state index contributed by atoms with van der Waals surface area (Å²) in [5, 5.41) is 3.07. The molecular formula is C24H17BrClFN2O4. The van der Waals surface area contributed by atoms with E-state index >= 15 is 0 Å². The Kier molecular flexibility index (Phi) is 6.67. The molecule has 4 rings (SSSR count). The zero-order valence-corrected chi connectivity index (χ0v) is 19.6. The molecule has 1 saturated heterocycles. The van der Waals surface area contributed by atoms with Gasteiger partial charge < -0.3 is 14.8 Å². The number of benzene rings is 3. The van der Waals surface area contributed by atoms with E-state index in [1.165, 1.54) is 19.3 Å². The Bertz CT molecular complexity index is 1260. The van der Waals surface area contributed by atoms with Gasteiger partial charge in [-0.3, -0.25) is 4.79 Å². The van der Waals surface area contributed by atoms with Crippen LogP contribution in [0.15, 0.2) is 70.8 Å². The molecule has 0 atom stereocenters. The van der Waals surface area contributed by atoms with Crippen LogP contribution in [-0.2, 0) is 11.4 Å². The lowest BCUT2D eigenvalue weighted by atomic mass is 10.1. The first kappa shape index (κ1) is 22.8. The Morgan fingerprint density at radius 3 is 2.52 bits per heavy atom. The minimum absolute atomic E-state index is 0.0144. The van der Waals surface area contributed by atoms with E-state index in [0.29, 0.717) is 37.8 Å². The highest BCUT2D eigenvalue weighted by molar-refractivity contribution is 9.10. The zero-order chi connectivity index (χ0) is 23.5. The summed E-state index contributed by atoms with van der Waals surface area (Å²) in [7, 11) is 1.47. The normalized spacial score (nSPS) is 14.5. The van der Waals surface area contributed by atoms with Crippen molar-refractivity contribution in [3.8, 4) is 11.5 Å². The molecule has 1 aliphatic heterocycles. The lowest BCUT2D eigenvalue weighted by molar-refractivity contribution is -0.113. The standard InChI is InChI=1S/C24H17BrClFN2O4/c1-32-21-11-15(18(25)12-22(21)33-13-14-4-2-3-5-19(14)27)10-20-23(30)29(24(31)28-20)17-8-6-16(26)7-9-17/h2-12H,13H2,1H3,(H,28,31)/b20-10+. The van der Waals surface area contributed by atoms with E-state index in [1.54, 1.807) is 54.6 Å². The van der Waals surface area contributed by atoms with Gasteiger partial charge in [0.1, 0.15) is 18.1 Å². The van der Waals surface area contributed by atoms with E-state index in [4.69, 9.17) is 21.1 Å². The maximum atomic E-state index is 13.9. The smallest absolute Gasteiger partial charge is 0.333 e. The highest BCUT2D eigenvalue weighted by Crippen LogP contribution is 2.36. The average molecular weight is 532 g/mol. The van der Waals surface area contributed by atoms with Crippen molar-refractivity contribution in [3.05, 3.63) is 92.8 Å². The van der Waals surface area contributed by atoms with Gasteiger partial charge in [0.2, 0.25) is 0 Å². The van der Waals surface area contributed by atoms with E-state index in [-0.39, 0.29) is 18.1 Å². The third-order valence-electron chi connectivity index (χ3n) is 4.89. The van der Waals surface area contributed by atoms with Crippen molar-refractivity contribution in [2.45, 2.75) is 6.61 Å². The Morgan fingerprint density at radius 2 is 1.82 bits per heavy atom. The monoisotopic (exact) mass is 530 g/mol. The van der Waals surface area contributed by atoms with Crippen LogP contribution >= 0.6 is 27.5 Å². The average Bonchev–Trinajstić information content (AvgIpc) is 3.08. The molecule has 33 heavy (non-hydrogen) atoms. The van der Waals surface area contributed by atoms with Crippen LogP contribution in [0.25, 0.3) is 6.08 Å². The molecule has 0 unspecified atom stereocenters. The van der Waals surface area contributed by atoms with Crippen molar-refractivity contribution >= 4 is 51.2 Å². The molecule has 1 aliphatic rings. The summed E-state index contributed by atoms with van der Waals surface area (Å²) in [5.41, 5.74) is 1.48. The number of imide groups is 1. The van der Waals surface area contributed by atoms with Gasteiger partial charge >= 0.3 is 6.03 Å². The fourth-order valence-electron chi connectivity index (χ4n) is 3.22. The molecule has 0 bridgehead atoms. The third-order valence-corrected chi connectivity index (χ3v) is 5.83. The second-order valence-electron chi connectivity index (χ2n) is 7.01. The number of carbonyl (C=O) groups is 2. The zero-order valence-electron chi connectivity index (χ0n) is 17.3. The van der Waals surface area contributed by atoms with Crippen molar-refractivity contribution in [2.24, 2.45) is 0 Å². The summed E-state index contributed by atoms with van der Waals surface area (Å²) in [6.07, 6.45) is 1.53. The van der Waals surface area contributed by atoms with E-state index in [1.807, 2.05) is 0 Å². The molecule has 3 aromatic rings. The summed E-state index contributed by atoms with van der Waals surface area (Å²) in [4.78, 5) is 26.3. The van der Waals surface area contributed by atoms with Crippen LogP contribution in [0, 0.1) is 5.82 Å². The Morgan fingerprint density at radius 1 is 1.09 bits per heavy atom. The summed E-state index contributed by atoms with van der Waals surface area (Å²) in [6, 6.07) is 15.4. The summed E-state index contributed by atoms with van der Waals surface area (Å²) in [6.45, 7) is 0.0144. The number of nitrogens with zero attached hydrogens (tertiary/aromatic N) is 1. The van der Waals surface area contributed by atoms with Crippen LogP contribution < -0.4 is 19.7 Å². The van der Waals surface area contributed by atoms with Gasteiger partial charge in [0.05, 0.1) is 12.8 Å². The molecule has 0 radical (unpaired) electrons. The van der Waals surface area contributed by atoms with Gasteiger partial charge in [-0.2, -0.15) is 0 Å². The summed E-state index contributed by atoms with van der Waals surface area (Å²) >= 11 is 9.34. The first-order valence-electron chi connectivity index (χ1n) is 9.74. The van der Waals surface area contributed by atoms with E-state index in [0.717, 1.165) is 4.90 Å². The van der Waals surface area contributed by atoms with Crippen LogP contribution in [-0.4, -0.2) is 19.0 Å². The minimum atomic E-state index is -0.568. The summed E-state index contributed by atoms with van der Waals surface area (Å²) < 4.78 is 25.6. The molecule has 0 aliphatic carbocycles. The van der Waals surface area contributed by atoms with Gasteiger partial charge in [0.25, 0.3) is 5.91 Å². The highest BCUT2D eigenvalue weighted by Gasteiger charge is 2.35. The first-order valence-corrected chi connectivity index (χ1v) is 10.9. The predicted octanol–water partition coefficient (Wildman–Crippen LogP) is 5.93. The SMILES string of the molecule is COc1cc(/C=C2/NC(=O)N(c3ccc(Cl)cc3)C2=O)c(Br)cc1OCc1ccccc1F. The first-order chi connectivity index (χ1) is 15.9. The molecular weight excluding hydrogens is 515 g/mol.